The second kappa shape index (κ2) is 2.98. The molecule has 0 aromatic carbocycles. The van der Waals surface area contributed by atoms with Crippen LogP contribution in [0.25, 0.3) is 0 Å². The summed E-state index contributed by atoms with van der Waals surface area (Å²) in [5, 5.41) is 3.43. The average molecular weight is 153 g/mol. The Hall–Kier alpha value is -0.300. The van der Waals surface area contributed by atoms with Crippen molar-refractivity contribution in [2.75, 3.05) is 6.54 Å². The molecule has 0 saturated heterocycles. The number of nitrogens with one attached hydrogen (secondary N) is 1. The Labute approximate surface area is 69.9 Å². The predicted octanol–water partition coefficient (Wildman–Crippen LogP) is 2.20. The van der Waals surface area contributed by atoms with Crippen molar-refractivity contribution in [1.29, 1.82) is 0 Å². The zero-order valence-electron chi connectivity index (χ0n) is 7.85. The molecule has 0 spiro atoms. The van der Waals surface area contributed by atoms with E-state index in [4.69, 9.17) is 0 Å². The largest absolute Gasteiger partial charge is 0.311 e. The van der Waals surface area contributed by atoms with Crippen molar-refractivity contribution in [3.8, 4) is 0 Å². The van der Waals surface area contributed by atoms with E-state index in [1.807, 2.05) is 6.08 Å². The van der Waals surface area contributed by atoms with Crippen molar-refractivity contribution in [1.82, 2.24) is 5.32 Å². The fourth-order valence-electron chi connectivity index (χ4n) is 1.75. The summed E-state index contributed by atoms with van der Waals surface area (Å²) in [6.45, 7) is 11.7. The predicted molar refractivity (Wildman–Crippen MR) is 49.5 cm³/mol. The van der Waals surface area contributed by atoms with Crippen molar-refractivity contribution in [2.45, 2.75) is 33.2 Å². The third-order valence-electron chi connectivity index (χ3n) is 2.72. The van der Waals surface area contributed by atoms with Crippen LogP contribution in [0.1, 0.15) is 27.2 Å². The van der Waals surface area contributed by atoms with E-state index in [9.17, 15) is 0 Å². The van der Waals surface area contributed by atoms with E-state index in [0.29, 0.717) is 11.5 Å². The van der Waals surface area contributed by atoms with E-state index >= 15 is 0 Å². The minimum atomic E-state index is 0.537. The van der Waals surface area contributed by atoms with Gasteiger partial charge in [-0.25, -0.2) is 0 Å². The first kappa shape index (κ1) is 8.79. The van der Waals surface area contributed by atoms with E-state index in [0.717, 1.165) is 12.5 Å². The molecule has 1 aliphatic carbocycles. The molecular formula is C10H19N. The molecule has 0 aromatic rings. The van der Waals surface area contributed by atoms with Crippen molar-refractivity contribution < 1.29 is 0 Å². The molecule has 0 aromatic heterocycles. The minimum Gasteiger partial charge on any atom is -0.311 e. The molecule has 2 unspecified atom stereocenters. The maximum atomic E-state index is 3.84. The molecule has 0 amide bonds. The van der Waals surface area contributed by atoms with Gasteiger partial charge in [-0.1, -0.05) is 26.8 Å². The van der Waals surface area contributed by atoms with Gasteiger partial charge >= 0.3 is 0 Å². The topological polar surface area (TPSA) is 12.0 Å². The Morgan fingerprint density at radius 1 is 1.73 bits per heavy atom. The first-order valence-corrected chi connectivity index (χ1v) is 4.47. The third kappa shape index (κ3) is 1.84. The summed E-state index contributed by atoms with van der Waals surface area (Å²) in [6.07, 6.45) is 3.39. The summed E-state index contributed by atoms with van der Waals surface area (Å²) in [7, 11) is 0. The molecule has 0 aliphatic heterocycles. The standard InChI is InChI=1S/C10H19N/c1-5-9(11-6-2)8-7-10(8,3)4/h5,8-9,11H,1,6-7H2,2-4H3. The number of hydrogen-bond acceptors (Lipinski definition) is 1. The van der Waals surface area contributed by atoms with E-state index in [1.54, 1.807) is 0 Å². The van der Waals surface area contributed by atoms with Crippen LogP contribution in [0, 0.1) is 11.3 Å². The van der Waals surface area contributed by atoms with Gasteiger partial charge < -0.3 is 5.32 Å². The average Bonchev–Trinajstić information content (AvgIpc) is 2.55. The lowest BCUT2D eigenvalue weighted by molar-refractivity contribution is 0.467. The molecule has 1 aliphatic rings. The summed E-state index contributed by atoms with van der Waals surface area (Å²) in [5.41, 5.74) is 0.557. The summed E-state index contributed by atoms with van der Waals surface area (Å²) in [4.78, 5) is 0. The highest BCUT2D eigenvalue weighted by Gasteiger charge is 2.48. The summed E-state index contributed by atoms with van der Waals surface area (Å²) in [6, 6.07) is 0.537. The SMILES string of the molecule is C=CC(NCC)C1CC1(C)C. The van der Waals surface area contributed by atoms with E-state index in [1.165, 1.54) is 6.42 Å². The first-order chi connectivity index (χ1) is 5.11. The summed E-state index contributed by atoms with van der Waals surface area (Å²) in [5.74, 6) is 0.819. The molecule has 2 atom stereocenters. The molecule has 1 N–H and O–H groups in total. The molecule has 1 fully saturated rings. The van der Waals surface area contributed by atoms with Crippen LogP contribution in [0.2, 0.25) is 0 Å². The molecule has 1 saturated carbocycles. The smallest absolute Gasteiger partial charge is 0.0280 e. The van der Waals surface area contributed by atoms with Crippen molar-refractivity contribution >= 4 is 0 Å². The highest BCUT2D eigenvalue weighted by Crippen LogP contribution is 2.53. The third-order valence-corrected chi connectivity index (χ3v) is 2.72. The molecule has 11 heavy (non-hydrogen) atoms. The van der Waals surface area contributed by atoms with Gasteiger partial charge in [0.1, 0.15) is 0 Å². The monoisotopic (exact) mass is 153 g/mol. The lowest BCUT2D eigenvalue weighted by Crippen LogP contribution is -2.30. The van der Waals surface area contributed by atoms with Gasteiger partial charge in [-0.05, 0) is 24.3 Å². The molecule has 0 bridgehead atoms. The molecule has 0 radical (unpaired) electrons. The van der Waals surface area contributed by atoms with E-state index in [2.05, 4.69) is 32.7 Å². The molecule has 1 rings (SSSR count). The van der Waals surface area contributed by atoms with Gasteiger partial charge in [0.15, 0.2) is 0 Å². The molecule has 64 valence electrons. The van der Waals surface area contributed by atoms with Gasteiger partial charge in [-0.3, -0.25) is 0 Å². The van der Waals surface area contributed by atoms with Crippen molar-refractivity contribution in [2.24, 2.45) is 11.3 Å². The first-order valence-electron chi connectivity index (χ1n) is 4.47. The Morgan fingerprint density at radius 2 is 2.27 bits per heavy atom. The van der Waals surface area contributed by atoms with E-state index < -0.39 is 0 Å². The van der Waals surface area contributed by atoms with Gasteiger partial charge in [0.2, 0.25) is 0 Å². The maximum absolute atomic E-state index is 3.84. The van der Waals surface area contributed by atoms with Crippen molar-refractivity contribution in [3.05, 3.63) is 12.7 Å². The highest BCUT2D eigenvalue weighted by molar-refractivity contribution is 5.07. The number of hydrogen-bond donors (Lipinski definition) is 1. The van der Waals surface area contributed by atoms with Crippen molar-refractivity contribution in [3.63, 3.8) is 0 Å². The van der Waals surface area contributed by atoms with Crippen LogP contribution in [0.3, 0.4) is 0 Å². The van der Waals surface area contributed by atoms with Gasteiger partial charge in [-0.2, -0.15) is 0 Å². The highest BCUT2D eigenvalue weighted by atomic mass is 14.9. The maximum Gasteiger partial charge on any atom is 0.0280 e. The second-order valence-electron chi connectivity index (χ2n) is 4.12. The van der Waals surface area contributed by atoms with Crippen LogP contribution in [-0.2, 0) is 0 Å². The second-order valence-corrected chi connectivity index (χ2v) is 4.12. The lowest BCUT2D eigenvalue weighted by atomic mass is 10.0. The molecule has 1 heteroatoms. The van der Waals surface area contributed by atoms with Gasteiger partial charge in [0.05, 0.1) is 0 Å². The minimum absolute atomic E-state index is 0.537. The van der Waals surface area contributed by atoms with Crippen LogP contribution >= 0.6 is 0 Å². The molecule has 0 heterocycles. The Kier molecular flexibility index (Phi) is 2.38. The summed E-state index contributed by atoms with van der Waals surface area (Å²) < 4.78 is 0. The van der Waals surface area contributed by atoms with Crippen LogP contribution in [0.4, 0.5) is 0 Å². The Morgan fingerprint density at radius 3 is 2.55 bits per heavy atom. The lowest BCUT2D eigenvalue weighted by Gasteiger charge is -2.14. The summed E-state index contributed by atoms with van der Waals surface area (Å²) >= 11 is 0. The zero-order chi connectivity index (χ0) is 8.48. The molecular weight excluding hydrogens is 134 g/mol. The van der Waals surface area contributed by atoms with Crippen LogP contribution in [0.5, 0.6) is 0 Å². The van der Waals surface area contributed by atoms with Gasteiger partial charge in [0, 0.05) is 6.04 Å². The van der Waals surface area contributed by atoms with E-state index in [-0.39, 0.29) is 0 Å². The quantitative estimate of drug-likeness (QED) is 0.610. The molecule has 1 nitrogen and oxygen atoms in total. The normalized spacial score (nSPS) is 29.5. The fourth-order valence-corrected chi connectivity index (χ4v) is 1.75. The zero-order valence-corrected chi connectivity index (χ0v) is 7.85. The van der Waals surface area contributed by atoms with Crippen LogP contribution in [-0.4, -0.2) is 12.6 Å². The van der Waals surface area contributed by atoms with Gasteiger partial charge in [0.25, 0.3) is 0 Å². The number of likely N-dealkylation sites (N-methyl/N-ethyl adjacent to an activating group) is 1. The van der Waals surface area contributed by atoms with Crippen LogP contribution in [0.15, 0.2) is 12.7 Å². The number of rotatable bonds is 4. The fraction of sp³-hybridized carbons (Fsp3) is 0.800. The Bertz CT molecular complexity index is 149. The van der Waals surface area contributed by atoms with Crippen LogP contribution < -0.4 is 5.32 Å². The van der Waals surface area contributed by atoms with Gasteiger partial charge in [-0.15, -0.1) is 6.58 Å². The Balaban J connectivity index is 2.39.